The maximum atomic E-state index is 5.12. The maximum absolute atomic E-state index is 5.12. The second-order valence-electron chi connectivity index (χ2n) is 5.61. The quantitative estimate of drug-likeness (QED) is 0.537. The molecule has 0 saturated heterocycles. The van der Waals surface area contributed by atoms with E-state index in [1.54, 1.807) is 15.0 Å². The van der Waals surface area contributed by atoms with E-state index in [2.05, 4.69) is 36.4 Å². The average molecular weight is 312 g/mol. The molecule has 0 aliphatic carbocycles. The van der Waals surface area contributed by atoms with Gasteiger partial charge in [-0.15, -0.1) is 0 Å². The molecule has 0 spiro atoms. The van der Waals surface area contributed by atoms with Gasteiger partial charge in [-0.1, -0.05) is 48.5 Å². The van der Waals surface area contributed by atoms with Crippen LogP contribution < -0.4 is 20.7 Å². The fraction of sp³-hybridized carbons (Fsp3) is 0. The van der Waals surface area contributed by atoms with Crippen LogP contribution >= 0.6 is 0 Å². The van der Waals surface area contributed by atoms with Crippen LogP contribution in [0, 0.1) is 0 Å². The predicted octanol–water partition coefficient (Wildman–Crippen LogP) is 2.16. The Morgan fingerprint density at radius 1 is 0.542 bits per heavy atom. The van der Waals surface area contributed by atoms with Gasteiger partial charge in [-0.3, -0.25) is 9.61 Å². The summed E-state index contributed by atoms with van der Waals surface area (Å²) in [7, 11) is 3.26. The van der Waals surface area contributed by atoms with Crippen molar-refractivity contribution >= 4 is 25.9 Å². The highest BCUT2D eigenvalue weighted by Gasteiger charge is 2.22. The lowest BCUT2D eigenvalue weighted by molar-refractivity contribution is -0.0860. The van der Waals surface area contributed by atoms with Crippen LogP contribution in [0.2, 0.25) is 0 Å². The standard InChI is InChI=1S/C18H10B2O4/c1-3-13(17-15(5-1)21-23-19-17)11-7-9-12(10-8-11)14-4-2-6-16-18(14)20-24-22-16/h1-10H. The molecule has 3 aromatic carbocycles. The second-order valence-corrected chi connectivity index (χ2v) is 5.61. The van der Waals surface area contributed by atoms with E-state index in [0.29, 0.717) is 0 Å². The Bertz CT molecular complexity index is 848. The Kier molecular flexibility index (Phi) is 3.11. The first-order valence-corrected chi connectivity index (χ1v) is 7.60. The van der Waals surface area contributed by atoms with Gasteiger partial charge in [-0.05, 0) is 34.4 Å². The van der Waals surface area contributed by atoms with Crippen molar-refractivity contribution in [2.24, 2.45) is 0 Å². The van der Waals surface area contributed by atoms with E-state index in [0.717, 1.165) is 44.7 Å². The number of hydrogen-bond acceptors (Lipinski definition) is 4. The van der Waals surface area contributed by atoms with Gasteiger partial charge in [0.05, 0.1) is 0 Å². The SMILES string of the molecule is [B]1OOc2cccc(-c3ccc(-c4cccc5c4[B]OO5)cc3)c21. The summed E-state index contributed by atoms with van der Waals surface area (Å²) >= 11 is 0. The van der Waals surface area contributed by atoms with Crippen molar-refractivity contribution in [2.75, 3.05) is 0 Å². The Morgan fingerprint density at radius 3 is 1.46 bits per heavy atom. The van der Waals surface area contributed by atoms with E-state index in [1.807, 2.05) is 24.3 Å². The molecule has 2 heterocycles. The number of fused-ring (bicyclic) bond motifs is 2. The summed E-state index contributed by atoms with van der Waals surface area (Å²) < 4.78 is 0. The minimum absolute atomic E-state index is 0.737. The third kappa shape index (κ3) is 2.12. The third-order valence-corrected chi connectivity index (χ3v) is 4.25. The van der Waals surface area contributed by atoms with Crippen LogP contribution in [-0.2, 0) is 9.61 Å². The van der Waals surface area contributed by atoms with Crippen molar-refractivity contribution < 1.29 is 19.4 Å². The van der Waals surface area contributed by atoms with Gasteiger partial charge < -0.3 is 9.78 Å². The molecule has 5 rings (SSSR count). The van der Waals surface area contributed by atoms with Crippen LogP contribution in [0.5, 0.6) is 11.5 Å². The van der Waals surface area contributed by atoms with Gasteiger partial charge in [0.25, 0.3) is 0 Å². The first-order chi connectivity index (χ1) is 11.9. The summed E-state index contributed by atoms with van der Waals surface area (Å²) in [5, 5.41) is 0. The normalized spacial score (nSPS) is 14.0. The zero-order chi connectivity index (χ0) is 15.9. The smallest absolute Gasteiger partial charge is 0.355 e. The molecule has 0 unspecified atom stereocenters. The average Bonchev–Trinajstić information content (AvgIpc) is 3.30. The van der Waals surface area contributed by atoms with E-state index in [-0.39, 0.29) is 0 Å². The first-order valence-electron chi connectivity index (χ1n) is 7.60. The highest BCUT2D eigenvalue weighted by molar-refractivity contribution is 6.52. The van der Waals surface area contributed by atoms with Crippen molar-refractivity contribution in [1.82, 2.24) is 0 Å². The second kappa shape index (κ2) is 5.44. The number of rotatable bonds is 2. The lowest BCUT2D eigenvalue weighted by Gasteiger charge is -2.09. The lowest BCUT2D eigenvalue weighted by Crippen LogP contribution is -2.13. The summed E-state index contributed by atoms with van der Waals surface area (Å²) in [4.78, 5) is 20.2. The molecular weight excluding hydrogens is 302 g/mol. The molecule has 2 aliphatic heterocycles. The molecule has 112 valence electrons. The molecular formula is C18H10B2O4. The highest BCUT2D eigenvalue weighted by atomic mass is 17.2. The number of hydrogen-bond donors (Lipinski definition) is 0. The molecule has 2 aliphatic rings. The van der Waals surface area contributed by atoms with Crippen LogP contribution in [0.1, 0.15) is 0 Å². The molecule has 4 nitrogen and oxygen atoms in total. The van der Waals surface area contributed by atoms with Gasteiger partial charge >= 0.3 is 15.0 Å². The summed E-state index contributed by atoms with van der Waals surface area (Å²) in [6.07, 6.45) is 0. The molecule has 0 aromatic heterocycles. The van der Waals surface area contributed by atoms with Crippen molar-refractivity contribution in [1.29, 1.82) is 0 Å². The van der Waals surface area contributed by atoms with Crippen molar-refractivity contribution in [3.05, 3.63) is 60.7 Å². The molecule has 0 amide bonds. The van der Waals surface area contributed by atoms with E-state index in [1.165, 1.54) is 0 Å². The minimum atomic E-state index is 0.737. The van der Waals surface area contributed by atoms with Gasteiger partial charge in [0, 0.05) is 10.9 Å². The molecule has 0 bridgehead atoms. The van der Waals surface area contributed by atoms with Crippen LogP contribution in [0.15, 0.2) is 60.7 Å². The van der Waals surface area contributed by atoms with E-state index in [4.69, 9.17) is 19.4 Å². The van der Waals surface area contributed by atoms with Crippen LogP contribution in [0.25, 0.3) is 22.3 Å². The molecule has 6 heteroatoms. The molecule has 0 fully saturated rings. The van der Waals surface area contributed by atoms with E-state index in [9.17, 15) is 0 Å². The zero-order valence-electron chi connectivity index (χ0n) is 12.6. The van der Waals surface area contributed by atoms with Crippen molar-refractivity contribution in [2.45, 2.75) is 0 Å². The van der Waals surface area contributed by atoms with Crippen molar-refractivity contribution in [3.63, 3.8) is 0 Å². The third-order valence-electron chi connectivity index (χ3n) is 4.25. The fourth-order valence-corrected chi connectivity index (χ4v) is 3.06. The topological polar surface area (TPSA) is 36.9 Å². The molecule has 2 radical (unpaired) electrons. The van der Waals surface area contributed by atoms with Gasteiger partial charge in [0.15, 0.2) is 11.5 Å². The lowest BCUT2D eigenvalue weighted by atomic mass is 9.80. The van der Waals surface area contributed by atoms with Crippen LogP contribution in [-0.4, -0.2) is 15.0 Å². The summed E-state index contributed by atoms with van der Waals surface area (Å²) in [6, 6.07) is 20.2. The van der Waals surface area contributed by atoms with Crippen LogP contribution in [0.3, 0.4) is 0 Å². The Hall–Kier alpha value is -2.69. The van der Waals surface area contributed by atoms with Gasteiger partial charge in [-0.2, -0.15) is 0 Å². The van der Waals surface area contributed by atoms with Gasteiger partial charge in [0.1, 0.15) is 0 Å². The number of benzene rings is 3. The predicted molar refractivity (Wildman–Crippen MR) is 91.5 cm³/mol. The summed E-state index contributed by atoms with van der Waals surface area (Å²) in [5.74, 6) is 1.47. The Morgan fingerprint density at radius 2 is 1.00 bits per heavy atom. The van der Waals surface area contributed by atoms with Gasteiger partial charge in [0.2, 0.25) is 0 Å². The van der Waals surface area contributed by atoms with Crippen molar-refractivity contribution in [3.8, 4) is 33.8 Å². The summed E-state index contributed by atoms with van der Waals surface area (Å²) in [6.45, 7) is 0. The molecule has 0 N–H and O–H groups in total. The Labute approximate surface area is 140 Å². The fourth-order valence-electron chi connectivity index (χ4n) is 3.06. The molecule has 24 heavy (non-hydrogen) atoms. The maximum Gasteiger partial charge on any atom is 0.403 e. The van der Waals surface area contributed by atoms with Crippen LogP contribution in [0.4, 0.5) is 0 Å². The largest absolute Gasteiger partial charge is 0.403 e. The zero-order valence-corrected chi connectivity index (χ0v) is 12.6. The van der Waals surface area contributed by atoms with Gasteiger partial charge in [-0.25, -0.2) is 0 Å². The monoisotopic (exact) mass is 312 g/mol. The first kappa shape index (κ1) is 13.7. The molecule has 3 aromatic rings. The molecule has 0 saturated carbocycles. The minimum Gasteiger partial charge on any atom is -0.355 e. The van der Waals surface area contributed by atoms with E-state index >= 15 is 0 Å². The summed E-state index contributed by atoms with van der Waals surface area (Å²) in [5.41, 5.74) is 6.28. The Balaban J connectivity index is 1.55. The highest BCUT2D eigenvalue weighted by Crippen LogP contribution is 2.28. The molecule has 0 atom stereocenters. The van der Waals surface area contributed by atoms with E-state index < -0.39 is 0 Å².